The van der Waals surface area contributed by atoms with Gasteiger partial charge in [-0.3, -0.25) is 4.79 Å². The molecular formula is C19H20F3NO3. The van der Waals surface area contributed by atoms with Gasteiger partial charge in [-0.1, -0.05) is 19.1 Å². The van der Waals surface area contributed by atoms with E-state index in [2.05, 4.69) is 5.32 Å². The van der Waals surface area contributed by atoms with Crippen LogP contribution in [0.3, 0.4) is 0 Å². The summed E-state index contributed by atoms with van der Waals surface area (Å²) in [5.41, 5.74) is -0.377. The molecule has 140 valence electrons. The zero-order valence-corrected chi connectivity index (χ0v) is 14.5. The van der Waals surface area contributed by atoms with Crippen LogP contribution < -0.4 is 14.8 Å². The Kier molecular flexibility index (Phi) is 6.49. The first-order chi connectivity index (χ1) is 12.3. The van der Waals surface area contributed by atoms with Crippen molar-refractivity contribution in [2.24, 2.45) is 0 Å². The summed E-state index contributed by atoms with van der Waals surface area (Å²) in [6, 6.07) is 11.6. The van der Waals surface area contributed by atoms with Gasteiger partial charge in [0.25, 0.3) is 5.91 Å². The van der Waals surface area contributed by atoms with Gasteiger partial charge in [0.05, 0.1) is 12.7 Å². The van der Waals surface area contributed by atoms with Crippen LogP contribution in [-0.2, 0) is 17.5 Å². The van der Waals surface area contributed by atoms with E-state index in [9.17, 15) is 18.0 Å². The molecule has 2 aromatic carbocycles. The summed E-state index contributed by atoms with van der Waals surface area (Å²) in [5, 5.41) is 2.62. The van der Waals surface area contributed by atoms with E-state index in [0.717, 1.165) is 12.1 Å². The third-order valence-electron chi connectivity index (χ3n) is 3.72. The standard InChI is InChI=1S/C19H20F3NO3/c1-3-17(26-16-9-7-15(25-2)8-10-16)18(24)23-12-13-5-4-6-14(11-13)19(20,21)22/h4-11,17H,3,12H2,1-2H3,(H,23,24)/t17-/m0/s1. The van der Waals surface area contributed by atoms with E-state index in [1.165, 1.54) is 12.1 Å². The zero-order chi connectivity index (χ0) is 19.2. The predicted octanol–water partition coefficient (Wildman–Crippen LogP) is 4.19. The van der Waals surface area contributed by atoms with Crippen molar-refractivity contribution >= 4 is 5.91 Å². The van der Waals surface area contributed by atoms with Gasteiger partial charge in [0.15, 0.2) is 6.10 Å². The third-order valence-corrected chi connectivity index (χ3v) is 3.72. The van der Waals surface area contributed by atoms with Crippen molar-refractivity contribution in [1.82, 2.24) is 5.32 Å². The van der Waals surface area contributed by atoms with Crippen molar-refractivity contribution < 1.29 is 27.4 Å². The average Bonchev–Trinajstić information content (AvgIpc) is 2.64. The highest BCUT2D eigenvalue weighted by Crippen LogP contribution is 2.29. The highest BCUT2D eigenvalue weighted by Gasteiger charge is 2.30. The molecule has 1 atom stereocenters. The summed E-state index contributed by atoms with van der Waals surface area (Å²) in [5.74, 6) is 0.784. The molecule has 0 unspecified atom stereocenters. The minimum absolute atomic E-state index is 0.00870. The van der Waals surface area contributed by atoms with E-state index < -0.39 is 17.8 Å². The molecule has 0 aliphatic heterocycles. The fraction of sp³-hybridized carbons (Fsp3) is 0.316. The first kappa shape index (κ1) is 19.6. The van der Waals surface area contributed by atoms with Crippen LogP contribution in [-0.4, -0.2) is 19.1 Å². The number of carbonyl (C=O) groups excluding carboxylic acids is 1. The summed E-state index contributed by atoms with van der Waals surface area (Å²) in [6.07, 6.45) is -4.74. The smallest absolute Gasteiger partial charge is 0.416 e. The lowest BCUT2D eigenvalue weighted by Crippen LogP contribution is -2.37. The molecule has 0 aromatic heterocycles. The summed E-state index contributed by atoms with van der Waals surface area (Å²) in [4.78, 5) is 12.3. The first-order valence-electron chi connectivity index (χ1n) is 8.08. The summed E-state index contributed by atoms with van der Waals surface area (Å²) < 4.78 is 48.9. The van der Waals surface area contributed by atoms with Gasteiger partial charge >= 0.3 is 6.18 Å². The van der Waals surface area contributed by atoms with E-state index in [0.29, 0.717) is 23.5 Å². The maximum atomic E-state index is 12.7. The minimum Gasteiger partial charge on any atom is -0.497 e. The van der Waals surface area contributed by atoms with E-state index >= 15 is 0 Å². The predicted molar refractivity (Wildman–Crippen MR) is 91.0 cm³/mol. The first-order valence-corrected chi connectivity index (χ1v) is 8.08. The van der Waals surface area contributed by atoms with Gasteiger partial charge in [0, 0.05) is 6.54 Å². The molecule has 0 bridgehead atoms. The van der Waals surface area contributed by atoms with E-state index in [1.54, 1.807) is 38.3 Å². The van der Waals surface area contributed by atoms with Crippen LogP contribution in [0, 0.1) is 0 Å². The number of rotatable bonds is 7. The fourth-order valence-corrected chi connectivity index (χ4v) is 2.30. The average molecular weight is 367 g/mol. The van der Waals surface area contributed by atoms with Crippen LogP contribution in [0.15, 0.2) is 48.5 Å². The second kappa shape index (κ2) is 8.60. The molecule has 2 aromatic rings. The molecular weight excluding hydrogens is 347 g/mol. The van der Waals surface area contributed by atoms with Crippen molar-refractivity contribution in [3.8, 4) is 11.5 Å². The molecule has 0 heterocycles. The van der Waals surface area contributed by atoms with Crippen molar-refractivity contribution in [3.05, 3.63) is 59.7 Å². The van der Waals surface area contributed by atoms with Crippen LogP contribution >= 0.6 is 0 Å². The molecule has 0 spiro atoms. The molecule has 0 saturated carbocycles. The van der Waals surface area contributed by atoms with Crippen LogP contribution in [0.25, 0.3) is 0 Å². The Morgan fingerprint density at radius 2 is 1.77 bits per heavy atom. The summed E-state index contributed by atoms with van der Waals surface area (Å²) in [7, 11) is 1.55. The van der Waals surface area contributed by atoms with Gasteiger partial charge in [-0.2, -0.15) is 13.2 Å². The Bertz CT molecular complexity index is 730. The van der Waals surface area contributed by atoms with Crippen molar-refractivity contribution in [3.63, 3.8) is 0 Å². The van der Waals surface area contributed by atoms with Crippen LogP contribution in [0.2, 0.25) is 0 Å². The molecule has 7 heteroatoms. The maximum absolute atomic E-state index is 12.7. The highest BCUT2D eigenvalue weighted by atomic mass is 19.4. The number of methoxy groups -OCH3 is 1. The number of hydrogen-bond acceptors (Lipinski definition) is 3. The number of halogens is 3. The van der Waals surface area contributed by atoms with E-state index in [-0.39, 0.29) is 12.5 Å². The number of hydrogen-bond donors (Lipinski definition) is 1. The van der Waals surface area contributed by atoms with Gasteiger partial charge in [-0.15, -0.1) is 0 Å². The lowest BCUT2D eigenvalue weighted by molar-refractivity contribution is -0.137. The van der Waals surface area contributed by atoms with Crippen LogP contribution in [0.4, 0.5) is 13.2 Å². The molecule has 1 amide bonds. The number of nitrogens with one attached hydrogen (secondary N) is 1. The van der Waals surface area contributed by atoms with Crippen molar-refractivity contribution in [2.45, 2.75) is 32.2 Å². The fourth-order valence-electron chi connectivity index (χ4n) is 2.30. The quantitative estimate of drug-likeness (QED) is 0.798. The van der Waals surface area contributed by atoms with E-state index in [4.69, 9.17) is 9.47 Å². The van der Waals surface area contributed by atoms with Crippen molar-refractivity contribution in [1.29, 1.82) is 0 Å². The van der Waals surface area contributed by atoms with E-state index in [1.807, 2.05) is 0 Å². The van der Waals surface area contributed by atoms with Gasteiger partial charge in [0.1, 0.15) is 11.5 Å². The van der Waals surface area contributed by atoms with Gasteiger partial charge in [0.2, 0.25) is 0 Å². The molecule has 0 saturated heterocycles. The Morgan fingerprint density at radius 1 is 1.12 bits per heavy atom. The maximum Gasteiger partial charge on any atom is 0.416 e. The molecule has 2 rings (SSSR count). The number of amides is 1. The molecule has 26 heavy (non-hydrogen) atoms. The number of ether oxygens (including phenoxy) is 2. The Labute approximate surface area is 149 Å². The Balaban J connectivity index is 1.96. The highest BCUT2D eigenvalue weighted by molar-refractivity contribution is 5.81. The topological polar surface area (TPSA) is 47.6 Å². The molecule has 0 fully saturated rings. The third kappa shape index (κ3) is 5.40. The number of carbonyl (C=O) groups is 1. The monoisotopic (exact) mass is 367 g/mol. The molecule has 1 N–H and O–H groups in total. The molecule has 0 aliphatic carbocycles. The lowest BCUT2D eigenvalue weighted by atomic mass is 10.1. The SMILES string of the molecule is CC[C@H](Oc1ccc(OC)cc1)C(=O)NCc1cccc(C(F)(F)F)c1. The molecule has 0 aliphatic rings. The normalized spacial score (nSPS) is 12.3. The molecule has 4 nitrogen and oxygen atoms in total. The number of alkyl halides is 3. The van der Waals surface area contributed by atoms with Crippen molar-refractivity contribution in [2.75, 3.05) is 7.11 Å². The Hall–Kier alpha value is -2.70. The van der Waals surface area contributed by atoms with Gasteiger partial charge < -0.3 is 14.8 Å². The second-order valence-corrected chi connectivity index (χ2v) is 5.61. The lowest BCUT2D eigenvalue weighted by Gasteiger charge is -2.18. The second-order valence-electron chi connectivity index (χ2n) is 5.61. The van der Waals surface area contributed by atoms with Gasteiger partial charge in [-0.25, -0.2) is 0 Å². The number of benzene rings is 2. The van der Waals surface area contributed by atoms with Crippen LogP contribution in [0.1, 0.15) is 24.5 Å². The largest absolute Gasteiger partial charge is 0.497 e. The summed E-state index contributed by atoms with van der Waals surface area (Å²) >= 11 is 0. The van der Waals surface area contributed by atoms with Crippen LogP contribution in [0.5, 0.6) is 11.5 Å². The summed E-state index contributed by atoms with van der Waals surface area (Å²) in [6.45, 7) is 1.78. The Morgan fingerprint density at radius 3 is 2.35 bits per heavy atom. The van der Waals surface area contributed by atoms with Gasteiger partial charge in [-0.05, 0) is 48.4 Å². The zero-order valence-electron chi connectivity index (χ0n) is 14.5. The molecule has 0 radical (unpaired) electrons. The minimum atomic E-state index is -4.41.